The Morgan fingerprint density at radius 2 is 1.56 bits per heavy atom. The second-order valence-electron chi connectivity index (χ2n) is 9.37. The van der Waals surface area contributed by atoms with Crippen molar-refractivity contribution in [1.82, 2.24) is 5.32 Å². The van der Waals surface area contributed by atoms with E-state index < -0.39 is 0 Å². The predicted octanol–water partition coefficient (Wildman–Crippen LogP) is 7.20. The van der Waals surface area contributed by atoms with Crippen molar-refractivity contribution in [2.24, 2.45) is 10.9 Å². The van der Waals surface area contributed by atoms with Crippen molar-refractivity contribution in [3.05, 3.63) is 24.3 Å². The van der Waals surface area contributed by atoms with Gasteiger partial charge in [-0.25, -0.2) is 0 Å². The molecule has 0 aliphatic heterocycles. The lowest BCUT2D eigenvalue weighted by Crippen LogP contribution is -2.36. The first-order chi connectivity index (χ1) is 15.7. The van der Waals surface area contributed by atoms with E-state index in [4.69, 9.17) is 9.73 Å². The van der Waals surface area contributed by atoms with Gasteiger partial charge < -0.3 is 10.1 Å². The minimum Gasteiger partial charge on any atom is -0.468 e. The third kappa shape index (κ3) is 11.1. The average Bonchev–Trinajstić information content (AvgIpc) is 3.53. The van der Waals surface area contributed by atoms with E-state index in [0.29, 0.717) is 11.7 Å². The SMILES string of the molecule is CCCCCCCCCCCCCCCCN=C(NC12C=CC=CC1C2)SCC(=O)OC. The van der Waals surface area contributed by atoms with Crippen molar-refractivity contribution >= 4 is 22.9 Å². The molecule has 4 nitrogen and oxygen atoms in total. The van der Waals surface area contributed by atoms with Crippen LogP contribution in [-0.2, 0) is 9.53 Å². The molecule has 2 unspecified atom stereocenters. The molecule has 2 rings (SSSR count). The first-order valence-corrected chi connectivity index (χ1v) is 14.1. The molecule has 1 saturated carbocycles. The Morgan fingerprint density at radius 1 is 0.969 bits per heavy atom. The second kappa shape index (κ2) is 16.4. The highest BCUT2D eigenvalue weighted by Crippen LogP contribution is 2.47. The van der Waals surface area contributed by atoms with E-state index in [1.165, 1.54) is 102 Å². The van der Waals surface area contributed by atoms with Crippen LogP contribution in [0.1, 0.15) is 103 Å². The number of unbranched alkanes of at least 4 members (excludes halogenated alkanes) is 13. The van der Waals surface area contributed by atoms with Gasteiger partial charge in [0.1, 0.15) is 0 Å². The Morgan fingerprint density at radius 3 is 2.12 bits per heavy atom. The summed E-state index contributed by atoms with van der Waals surface area (Å²) < 4.78 is 4.79. The van der Waals surface area contributed by atoms with Gasteiger partial charge >= 0.3 is 5.97 Å². The normalized spacial score (nSPS) is 21.4. The number of nitrogens with zero attached hydrogens (tertiary/aromatic N) is 1. The molecule has 0 aromatic rings. The third-order valence-corrected chi connectivity index (χ3v) is 7.45. The summed E-state index contributed by atoms with van der Waals surface area (Å²) in [5.41, 5.74) is 0.0200. The van der Waals surface area contributed by atoms with Gasteiger partial charge in [-0.3, -0.25) is 9.79 Å². The van der Waals surface area contributed by atoms with Gasteiger partial charge in [0.2, 0.25) is 0 Å². The number of allylic oxidation sites excluding steroid dienone is 2. The van der Waals surface area contributed by atoms with Gasteiger partial charge in [-0.1, -0.05) is 126 Å². The molecular formula is C27H46N2O2S. The summed E-state index contributed by atoms with van der Waals surface area (Å²) in [6.45, 7) is 3.11. The van der Waals surface area contributed by atoms with Crippen LogP contribution >= 0.6 is 11.8 Å². The summed E-state index contributed by atoms with van der Waals surface area (Å²) in [4.78, 5) is 16.4. The topological polar surface area (TPSA) is 50.7 Å². The molecule has 0 bridgehead atoms. The lowest BCUT2D eigenvalue weighted by Gasteiger charge is -2.19. The molecule has 0 heterocycles. The van der Waals surface area contributed by atoms with Gasteiger partial charge in [-0.2, -0.15) is 0 Å². The van der Waals surface area contributed by atoms with E-state index >= 15 is 0 Å². The number of fused-ring (bicyclic) bond motifs is 1. The number of methoxy groups -OCH3 is 1. The monoisotopic (exact) mass is 462 g/mol. The fourth-order valence-corrected chi connectivity index (χ4v) is 5.16. The van der Waals surface area contributed by atoms with Crippen LogP contribution in [0, 0.1) is 5.92 Å². The number of hydrogen-bond acceptors (Lipinski definition) is 4. The van der Waals surface area contributed by atoms with Crippen LogP contribution in [-0.4, -0.2) is 36.1 Å². The molecular weight excluding hydrogens is 416 g/mol. The van der Waals surface area contributed by atoms with Gasteiger partial charge in [-0.15, -0.1) is 0 Å². The van der Waals surface area contributed by atoms with Crippen molar-refractivity contribution in [1.29, 1.82) is 0 Å². The molecule has 2 atom stereocenters. The largest absolute Gasteiger partial charge is 0.468 e. The quantitative estimate of drug-likeness (QED) is 0.101. The number of amidine groups is 1. The number of carbonyl (C=O) groups excluding carboxylic acids is 1. The van der Waals surface area contributed by atoms with Crippen molar-refractivity contribution in [2.45, 2.75) is 109 Å². The van der Waals surface area contributed by atoms with E-state index in [1.807, 2.05) is 0 Å². The predicted molar refractivity (Wildman–Crippen MR) is 139 cm³/mol. The Hall–Kier alpha value is -1.23. The molecule has 0 aromatic carbocycles. The van der Waals surface area contributed by atoms with E-state index in [9.17, 15) is 4.79 Å². The first-order valence-electron chi connectivity index (χ1n) is 13.1. The van der Waals surface area contributed by atoms with E-state index in [2.05, 4.69) is 36.5 Å². The lowest BCUT2D eigenvalue weighted by molar-refractivity contribution is -0.137. The molecule has 0 radical (unpaired) electrons. The molecule has 0 aromatic heterocycles. The number of esters is 1. The summed E-state index contributed by atoms with van der Waals surface area (Å²) in [6, 6.07) is 0. The van der Waals surface area contributed by atoms with Gasteiger partial charge in [0.15, 0.2) is 5.17 Å². The maximum atomic E-state index is 11.6. The van der Waals surface area contributed by atoms with Gasteiger partial charge in [0.05, 0.1) is 18.4 Å². The van der Waals surface area contributed by atoms with Gasteiger partial charge in [0.25, 0.3) is 0 Å². The van der Waals surface area contributed by atoms with Crippen LogP contribution in [0.15, 0.2) is 29.3 Å². The molecule has 0 amide bonds. The highest BCUT2D eigenvalue weighted by molar-refractivity contribution is 8.14. The van der Waals surface area contributed by atoms with Crippen molar-refractivity contribution < 1.29 is 9.53 Å². The fourth-order valence-electron chi connectivity index (χ4n) is 4.34. The molecule has 182 valence electrons. The molecule has 2 aliphatic carbocycles. The van der Waals surface area contributed by atoms with Crippen LogP contribution in [0.5, 0.6) is 0 Å². The molecule has 2 aliphatic rings. The average molecular weight is 463 g/mol. The standard InChI is InChI=1S/C27H46N2O2S/c1-3-4-5-6-7-8-9-10-11-12-13-14-15-18-21-28-26(32-23-25(30)31-2)29-27-20-17-16-19-24(27)22-27/h16-17,19-20,24H,3-15,18,21-23H2,1-2H3,(H,28,29). The van der Waals surface area contributed by atoms with Crippen LogP contribution in [0.3, 0.4) is 0 Å². The number of rotatable bonds is 18. The summed E-state index contributed by atoms with van der Waals surface area (Å²) in [6.07, 6.45) is 28.9. The molecule has 32 heavy (non-hydrogen) atoms. The molecule has 1 fully saturated rings. The van der Waals surface area contributed by atoms with E-state index in [1.54, 1.807) is 0 Å². The van der Waals surface area contributed by atoms with Gasteiger partial charge in [-0.05, 0) is 12.8 Å². The second-order valence-corrected chi connectivity index (χ2v) is 10.3. The molecule has 1 N–H and O–H groups in total. The maximum absolute atomic E-state index is 11.6. The smallest absolute Gasteiger partial charge is 0.316 e. The van der Waals surface area contributed by atoms with Crippen molar-refractivity contribution in [3.8, 4) is 0 Å². The summed E-state index contributed by atoms with van der Waals surface area (Å²) in [7, 11) is 1.44. The number of thioether (sulfide) groups is 1. The molecule has 5 heteroatoms. The van der Waals surface area contributed by atoms with E-state index in [-0.39, 0.29) is 11.5 Å². The zero-order valence-electron chi connectivity index (χ0n) is 20.6. The Labute approximate surface area is 201 Å². The summed E-state index contributed by atoms with van der Waals surface area (Å²) >= 11 is 1.47. The van der Waals surface area contributed by atoms with Crippen LogP contribution in [0.2, 0.25) is 0 Å². The Kier molecular flexibility index (Phi) is 13.8. The molecule has 0 spiro atoms. The fraction of sp³-hybridized carbons (Fsp3) is 0.778. The van der Waals surface area contributed by atoms with Crippen LogP contribution in [0.4, 0.5) is 0 Å². The summed E-state index contributed by atoms with van der Waals surface area (Å²) in [5, 5.41) is 4.48. The number of nitrogens with one attached hydrogen (secondary N) is 1. The maximum Gasteiger partial charge on any atom is 0.316 e. The van der Waals surface area contributed by atoms with Crippen LogP contribution in [0.25, 0.3) is 0 Å². The van der Waals surface area contributed by atoms with Crippen molar-refractivity contribution in [3.63, 3.8) is 0 Å². The minimum absolute atomic E-state index is 0.0200. The lowest BCUT2D eigenvalue weighted by atomic mass is 10.0. The zero-order valence-corrected chi connectivity index (χ0v) is 21.4. The third-order valence-electron chi connectivity index (χ3n) is 6.57. The highest BCUT2D eigenvalue weighted by atomic mass is 32.2. The van der Waals surface area contributed by atoms with E-state index in [0.717, 1.165) is 24.6 Å². The molecule has 0 saturated heterocycles. The summed E-state index contributed by atoms with van der Waals surface area (Å²) in [5.74, 6) is 0.656. The zero-order chi connectivity index (χ0) is 22.9. The highest BCUT2D eigenvalue weighted by Gasteiger charge is 2.52. The van der Waals surface area contributed by atoms with Gasteiger partial charge in [0, 0.05) is 12.5 Å². The van der Waals surface area contributed by atoms with Crippen LogP contribution < -0.4 is 5.32 Å². The Bertz CT molecular complexity index is 617. The number of carbonyl (C=O) groups is 1. The first kappa shape index (κ1) is 27.0. The number of aliphatic imine (C=N–C) groups is 1. The number of ether oxygens (including phenoxy) is 1. The van der Waals surface area contributed by atoms with Crippen molar-refractivity contribution in [2.75, 3.05) is 19.4 Å². The Balaban J connectivity index is 1.51. The number of hydrogen-bond donors (Lipinski definition) is 1. The minimum atomic E-state index is -0.204.